The van der Waals surface area contributed by atoms with Gasteiger partial charge in [0.1, 0.15) is 0 Å². The molecule has 0 unspecified atom stereocenters. The maximum Gasteiger partial charge on any atom is 0.416 e. The summed E-state index contributed by atoms with van der Waals surface area (Å²) >= 11 is 0. The number of alkyl halides is 3. The lowest BCUT2D eigenvalue weighted by Crippen LogP contribution is -2.46. The van der Waals surface area contributed by atoms with Gasteiger partial charge in [-0.2, -0.15) is 13.2 Å². The Morgan fingerprint density at radius 3 is 2.29 bits per heavy atom. The minimum absolute atomic E-state index is 0.0918. The molecule has 0 bridgehead atoms. The number of rotatable bonds is 6. The molecule has 8 heteroatoms. The van der Waals surface area contributed by atoms with Gasteiger partial charge in [-0.15, -0.1) is 0 Å². The Morgan fingerprint density at radius 1 is 0.905 bits per heavy atom. The van der Waals surface area contributed by atoms with E-state index in [0.717, 1.165) is 30.3 Å². The maximum absolute atomic E-state index is 13.9. The Morgan fingerprint density at radius 2 is 1.62 bits per heavy atom. The van der Waals surface area contributed by atoms with Crippen LogP contribution in [-0.4, -0.2) is 40.7 Å². The normalized spacial score (nSPS) is 21.4. The summed E-state index contributed by atoms with van der Waals surface area (Å²) in [5, 5.41) is 2.74. The van der Waals surface area contributed by atoms with Gasteiger partial charge in [-0.3, -0.25) is 14.5 Å². The third-order valence-corrected chi connectivity index (χ3v) is 8.81. The summed E-state index contributed by atoms with van der Waals surface area (Å²) in [4.78, 5) is 31.9. The lowest BCUT2D eigenvalue weighted by atomic mass is 9.83. The highest BCUT2D eigenvalue weighted by atomic mass is 19.4. The molecule has 42 heavy (non-hydrogen) atoms. The van der Waals surface area contributed by atoms with E-state index in [2.05, 4.69) is 29.3 Å². The fourth-order valence-corrected chi connectivity index (χ4v) is 6.40. The average Bonchev–Trinajstić information content (AvgIpc) is 3.37. The number of aryl methyl sites for hydroxylation is 2. The number of anilines is 1. The first-order valence-electron chi connectivity index (χ1n) is 14.7. The molecule has 2 aliphatic rings. The SMILES string of the molecule is Cc1ccccc1C(=O)N1CCC[C@H](C(=O)Nc2ccc(C)c(C(F)(F)F)c2)[C@@H]1c1ccc(CN2CCC[C@@H]2C)cc1. The number of likely N-dealkylation sites (tertiary alicyclic amines) is 2. The Labute approximate surface area is 245 Å². The van der Waals surface area contributed by atoms with Gasteiger partial charge in [0.25, 0.3) is 5.91 Å². The van der Waals surface area contributed by atoms with Crippen LogP contribution in [0.4, 0.5) is 18.9 Å². The molecule has 3 aromatic rings. The van der Waals surface area contributed by atoms with Crippen molar-refractivity contribution >= 4 is 17.5 Å². The Balaban J connectivity index is 1.46. The van der Waals surface area contributed by atoms with Crippen molar-refractivity contribution in [2.45, 2.75) is 71.3 Å². The van der Waals surface area contributed by atoms with Crippen LogP contribution in [0.25, 0.3) is 0 Å². The number of piperidine rings is 1. The molecule has 2 heterocycles. The number of carbonyl (C=O) groups is 2. The van der Waals surface area contributed by atoms with Crippen molar-refractivity contribution in [1.29, 1.82) is 0 Å². The second-order valence-corrected chi connectivity index (χ2v) is 11.7. The molecule has 2 amide bonds. The number of nitrogens with one attached hydrogen (secondary N) is 1. The molecule has 3 atom stereocenters. The van der Waals surface area contributed by atoms with E-state index in [1.807, 2.05) is 37.3 Å². The third-order valence-electron chi connectivity index (χ3n) is 8.81. The van der Waals surface area contributed by atoms with E-state index in [9.17, 15) is 22.8 Å². The van der Waals surface area contributed by atoms with Crippen molar-refractivity contribution in [2.24, 2.45) is 5.92 Å². The number of halogens is 3. The molecular formula is C34H38F3N3O2. The van der Waals surface area contributed by atoms with Crippen molar-refractivity contribution in [3.8, 4) is 0 Å². The van der Waals surface area contributed by atoms with Crippen LogP contribution >= 0.6 is 0 Å². The first kappa shape index (κ1) is 29.8. The molecule has 5 nitrogen and oxygen atoms in total. The fraction of sp³-hybridized carbons (Fsp3) is 0.412. The van der Waals surface area contributed by atoms with Gasteiger partial charge < -0.3 is 10.2 Å². The summed E-state index contributed by atoms with van der Waals surface area (Å²) in [5.41, 5.74) is 2.84. The van der Waals surface area contributed by atoms with E-state index in [1.165, 1.54) is 37.5 Å². The molecule has 0 aliphatic carbocycles. The van der Waals surface area contributed by atoms with Crippen LogP contribution in [0.1, 0.15) is 76.8 Å². The van der Waals surface area contributed by atoms with Crippen molar-refractivity contribution in [1.82, 2.24) is 9.80 Å². The summed E-state index contributed by atoms with van der Waals surface area (Å²) in [5.74, 6) is -1.18. The van der Waals surface area contributed by atoms with Gasteiger partial charge in [0.05, 0.1) is 17.5 Å². The van der Waals surface area contributed by atoms with Crippen molar-refractivity contribution in [3.05, 3.63) is 100 Å². The van der Waals surface area contributed by atoms with Crippen LogP contribution in [0.3, 0.4) is 0 Å². The first-order valence-corrected chi connectivity index (χ1v) is 14.7. The molecule has 3 aromatic carbocycles. The van der Waals surface area contributed by atoms with E-state index in [4.69, 9.17) is 0 Å². The monoisotopic (exact) mass is 577 g/mol. The largest absolute Gasteiger partial charge is 0.416 e. The Bertz CT molecular complexity index is 1440. The van der Waals surface area contributed by atoms with Crippen LogP contribution in [0.5, 0.6) is 0 Å². The zero-order chi connectivity index (χ0) is 30.0. The number of amides is 2. The predicted octanol–water partition coefficient (Wildman–Crippen LogP) is 7.54. The zero-order valence-electron chi connectivity index (χ0n) is 24.4. The van der Waals surface area contributed by atoms with Crippen LogP contribution < -0.4 is 5.32 Å². The third kappa shape index (κ3) is 6.38. The van der Waals surface area contributed by atoms with Gasteiger partial charge in [0, 0.05) is 30.4 Å². The van der Waals surface area contributed by atoms with E-state index >= 15 is 0 Å². The number of carbonyl (C=O) groups excluding carboxylic acids is 2. The summed E-state index contributed by atoms with van der Waals surface area (Å²) in [6.07, 6.45) is -1.01. The lowest BCUT2D eigenvalue weighted by Gasteiger charge is -2.41. The molecule has 2 aliphatic heterocycles. The first-order chi connectivity index (χ1) is 20.0. The number of benzene rings is 3. The second-order valence-electron chi connectivity index (χ2n) is 11.7. The zero-order valence-corrected chi connectivity index (χ0v) is 24.4. The molecule has 0 aromatic heterocycles. The summed E-state index contributed by atoms with van der Waals surface area (Å²) < 4.78 is 40.7. The van der Waals surface area contributed by atoms with Gasteiger partial charge >= 0.3 is 6.18 Å². The molecule has 222 valence electrons. The van der Waals surface area contributed by atoms with Crippen molar-refractivity contribution in [2.75, 3.05) is 18.4 Å². The molecular weight excluding hydrogens is 539 g/mol. The fourth-order valence-electron chi connectivity index (χ4n) is 6.40. The summed E-state index contributed by atoms with van der Waals surface area (Å²) in [7, 11) is 0. The number of hydrogen-bond acceptors (Lipinski definition) is 3. The lowest BCUT2D eigenvalue weighted by molar-refractivity contribution is -0.138. The minimum atomic E-state index is -4.52. The molecule has 5 rings (SSSR count). The van der Waals surface area contributed by atoms with Crippen molar-refractivity contribution in [3.63, 3.8) is 0 Å². The number of hydrogen-bond donors (Lipinski definition) is 1. The second kappa shape index (κ2) is 12.3. The average molecular weight is 578 g/mol. The molecule has 2 fully saturated rings. The highest BCUT2D eigenvalue weighted by Crippen LogP contribution is 2.39. The quantitative estimate of drug-likeness (QED) is 0.329. The highest BCUT2D eigenvalue weighted by Gasteiger charge is 2.40. The smallest absolute Gasteiger partial charge is 0.331 e. The van der Waals surface area contributed by atoms with Gasteiger partial charge in [0.2, 0.25) is 5.91 Å². The summed E-state index contributed by atoms with van der Waals surface area (Å²) in [6, 6.07) is 19.3. The van der Waals surface area contributed by atoms with Gasteiger partial charge in [0.15, 0.2) is 0 Å². The molecule has 0 radical (unpaired) electrons. The summed E-state index contributed by atoms with van der Waals surface area (Å²) in [6.45, 7) is 7.93. The van der Waals surface area contributed by atoms with E-state index in [-0.39, 0.29) is 17.2 Å². The standard InChI is InChI=1S/C34H38F3N3O2/c1-22-8-4-5-10-28(22)33(42)40-19-7-11-29(32(41)38-27-17-12-23(2)30(20-27)34(35,36)37)31(40)26-15-13-25(14-16-26)21-39-18-6-9-24(39)3/h4-5,8,10,12-17,20,24,29,31H,6-7,9,11,18-19,21H2,1-3H3,(H,38,41)/t24-,29-,31-/m0/s1. The van der Waals surface area contributed by atoms with Gasteiger partial charge in [-0.1, -0.05) is 48.5 Å². The predicted molar refractivity (Wildman–Crippen MR) is 158 cm³/mol. The van der Waals surface area contributed by atoms with Crippen LogP contribution in [0.2, 0.25) is 0 Å². The molecule has 2 saturated heterocycles. The van der Waals surface area contributed by atoms with E-state index < -0.39 is 29.6 Å². The van der Waals surface area contributed by atoms with Crippen molar-refractivity contribution < 1.29 is 22.8 Å². The molecule has 1 N–H and O–H groups in total. The van der Waals surface area contributed by atoms with E-state index in [1.54, 1.807) is 11.0 Å². The Kier molecular flexibility index (Phi) is 8.73. The van der Waals surface area contributed by atoms with Crippen LogP contribution in [-0.2, 0) is 17.5 Å². The highest BCUT2D eigenvalue weighted by molar-refractivity contribution is 5.98. The topological polar surface area (TPSA) is 52.7 Å². The Hall–Kier alpha value is -3.65. The van der Waals surface area contributed by atoms with Crippen LogP contribution in [0.15, 0.2) is 66.7 Å². The molecule has 0 saturated carbocycles. The van der Waals surface area contributed by atoms with E-state index in [0.29, 0.717) is 31.0 Å². The molecule has 0 spiro atoms. The van der Waals surface area contributed by atoms with Gasteiger partial charge in [-0.25, -0.2) is 0 Å². The maximum atomic E-state index is 13.9. The van der Waals surface area contributed by atoms with Crippen LogP contribution in [0, 0.1) is 19.8 Å². The van der Waals surface area contributed by atoms with Gasteiger partial charge in [-0.05, 0) is 93.5 Å². The number of nitrogens with zero attached hydrogens (tertiary/aromatic N) is 2. The minimum Gasteiger partial charge on any atom is -0.331 e.